The van der Waals surface area contributed by atoms with Crippen molar-refractivity contribution in [2.24, 2.45) is 5.92 Å². The van der Waals surface area contributed by atoms with Crippen LogP contribution in [-0.4, -0.2) is 43.4 Å². The largest absolute Gasteiger partial charge is 0.457 e. The van der Waals surface area contributed by atoms with Gasteiger partial charge in [-0.3, -0.25) is 9.59 Å². The van der Waals surface area contributed by atoms with Gasteiger partial charge in [0.15, 0.2) is 0 Å². The number of nitrogens with one attached hydrogen (secondary N) is 1. The molecule has 1 N–H and O–H groups in total. The van der Waals surface area contributed by atoms with Gasteiger partial charge in [-0.25, -0.2) is 4.39 Å². The average molecular weight is 552 g/mol. The molecule has 7 heteroatoms. The lowest BCUT2D eigenvalue weighted by molar-refractivity contribution is -0.136. The van der Waals surface area contributed by atoms with Crippen LogP contribution in [0.3, 0.4) is 0 Å². The third-order valence-electron chi connectivity index (χ3n) is 7.36. The number of nitrogens with zero attached hydrogens (tertiary/aromatic N) is 2. The first-order chi connectivity index (χ1) is 19.8. The number of benzene rings is 4. The van der Waals surface area contributed by atoms with Crippen LogP contribution in [0.5, 0.6) is 11.5 Å². The minimum Gasteiger partial charge on any atom is -0.457 e. The fourth-order valence-corrected chi connectivity index (χ4v) is 5.20. The van der Waals surface area contributed by atoms with Crippen LogP contribution in [0.15, 0.2) is 103 Å². The summed E-state index contributed by atoms with van der Waals surface area (Å²) in [5, 5.41) is 2.99. The van der Waals surface area contributed by atoms with Crippen LogP contribution in [0.2, 0.25) is 0 Å². The number of likely N-dealkylation sites (tertiary alicyclic amines) is 1. The van der Waals surface area contributed by atoms with E-state index in [4.69, 9.17) is 4.74 Å². The van der Waals surface area contributed by atoms with E-state index in [1.165, 1.54) is 17.7 Å². The van der Waals surface area contributed by atoms with Crippen molar-refractivity contribution >= 4 is 23.2 Å². The Hall–Kier alpha value is -4.65. The highest BCUT2D eigenvalue weighted by Crippen LogP contribution is 2.29. The highest BCUT2D eigenvalue weighted by atomic mass is 19.1. The van der Waals surface area contributed by atoms with E-state index in [-0.39, 0.29) is 30.0 Å². The number of halogens is 1. The molecule has 210 valence electrons. The Morgan fingerprint density at radius 2 is 1.49 bits per heavy atom. The maximum absolute atomic E-state index is 13.5. The number of anilines is 2. The zero-order valence-corrected chi connectivity index (χ0v) is 23.3. The molecule has 2 amide bonds. The lowest BCUT2D eigenvalue weighted by Gasteiger charge is -2.24. The zero-order chi connectivity index (χ0) is 28.8. The van der Waals surface area contributed by atoms with Crippen LogP contribution in [0.1, 0.15) is 17.5 Å². The maximum Gasteiger partial charge on any atom is 0.247 e. The third-order valence-corrected chi connectivity index (χ3v) is 7.36. The maximum atomic E-state index is 13.5. The summed E-state index contributed by atoms with van der Waals surface area (Å²) in [4.78, 5) is 30.8. The Kier molecular flexibility index (Phi) is 8.63. The van der Waals surface area contributed by atoms with E-state index in [1.54, 1.807) is 41.3 Å². The van der Waals surface area contributed by atoms with Gasteiger partial charge in [-0.05, 0) is 90.6 Å². The number of ether oxygens (including phenoxy) is 1. The highest BCUT2D eigenvalue weighted by molar-refractivity contribution is 5.97. The van der Waals surface area contributed by atoms with Gasteiger partial charge in [0, 0.05) is 32.0 Å². The van der Waals surface area contributed by atoms with E-state index in [0.29, 0.717) is 30.2 Å². The molecule has 2 atom stereocenters. The minimum absolute atomic E-state index is 0.0543. The summed E-state index contributed by atoms with van der Waals surface area (Å²) in [7, 11) is 3.96. The summed E-state index contributed by atoms with van der Waals surface area (Å²) in [5.41, 5.74) is 3.79. The summed E-state index contributed by atoms with van der Waals surface area (Å²) in [6.45, 7) is 0.534. The molecule has 0 aromatic heterocycles. The molecule has 0 saturated carbocycles. The summed E-state index contributed by atoms with van der Waals surface area (Å²) >= 11 is 0. The molecule has 1 saturated heterocycles. The Bertz CT molecular complexity index is 1460. The minimum atomic E-state index is -0.563. The second-order valence-electron chi connectivity index (χ2n) is 10.7. The van der Waals surface area contributed by atoms with Gasteiger partial charge in [-0.2, -0.15) is 0 Å². The average Bonchev–Trinajstić information content (AvgIpc) is 3.40. The highest BCUT2D eigenvalue weighted by Gasteiger charge is 2.39. The van der Waals surface area contributed by atoms with Gasteiger partial charge in [-0.1, -0.05) is 42.5 Å². The van der Waals surface area contributed by atoms with Gasteiger partial charge in [-0.15, -0.1) is 0 Å². The second kappa shape index (κ2) is 12.7. The first-order valence-electron chi connectivity index (χ1n) is 13.8. The molecule has 0 bridgehead atoms. The topological polar surface area (TPSA) is 61.9 Å². The van der Waals surface area contributed by atoms with Crippen LogP contribution in [0.4, 0.5) is 15.8 Å². The fourth-order valence-electron chi connectivity index (χ4n) is 5.20. The summed E-state index contributed by atoms with van der Waals surface area (Å²) < 4.78 is 18.9. The number of hydrogen-bond acceptors (Lipinski definition) is 4. The van der Waals surface area contributed by atoms with Crippen LogP contribution < -0.4 is 15.0 Å². The van der Waals surface area contributed by atoms with Crippen molar-refractivity contribution in [3.8, 4) is 11.5 Å². The molecule has 0 unspecified atom stereocenters. The van der Waals surface area contributed by atoms with Gasteiger partial charge in [0.1, 0.15) is 23.4 Å². The summed E-state index contributed by atoms with van der Waals surface area (Å²) in [5.74, 6) is 0.674. The second-order valence-corrected chi connectivity index (χ2v) is 10.7. The number of hydrogen-bond donors (Lipinski definition) is 1. The Morgan fingerprint density at radius 1 is 0.854 bits per heavy atom. The molecule has 0 radical (unpaired) electrons. The number of rotatable bonds is 9. The van der Waals surface area contributed by atoms with Crippen molar-refractivity contribution in [1.82, 2.24) is 4.90 Å². The van der Waals surface area contributed by atoms with E-state index in [1.807, 2.05) is 61.5 Å². The predicted octanol–water partition coefficient (Wildman–Crippen LogP) is 6.33. The lowest BCUT2D eigenvalue weighted by atomic mass is 9.96. The molecule has 6 nitrogen and oxygen atoms in total. The molecule has 4 aromatic rings. The normalized spacial score (nSPS) is 16.3. The van der Waals surface area contributed by atoms with Gasteiger partial charge in [0.25, 0.3) is 0 Å². The van der Waals surface area contributed by atoms with Crippen LogP contribution >= 0.6 is 0 Å². The monoisotopic (exact) mass is 551 g/mol. The fraction of sp³-hybridized carbons (Fsp3) is 0.235. The number of carbonyl (C=O) groups is 2. The van der Waals surface area contributed by atoms with E-state index in [9.17, 15) is 14.0 Å². The molecule has 0 spiro atoms. The van der Waals surface area contributed by atoms with Crippen LogP contribution in [-0.2, 0) is 22.4 Å². The van der Waals surface area contributed by atoms with Crippen molar-refractivity contribution in [3.05, 3.63) is 120 Å². The summed E-state index contributed by atoms with van der Waals surface area (Å²) in [6, 6.07) is 30.3. The van der Waals surface area contributed by atoms with E-state index in [2.05, 4.69) is 17.4 Å². The zero-order valence-electron chi connectivity index (χ0n) is 23.3. The van der Waals surface area contributed by atoms with E-state index in [0.717, 1.165) is 17.7 Å². The van der Waals surface area contributed by atoms with E-state index >= 15 is 0 Å². The molecular weight excluding hydrogens is 517 g/mol. The predicted molar refractivity (Wildman–Crippen MR) is 160 cm³/mol. The van der Waals surface area contributed by atoms with Gasteiger partial charge < -0.3 is 19.9 Å². The van der Waals surface area contributed by atoms with Crippen molar-refractivity contribution in [2.75, 3.05) is 30.9 Å². The molecule has 0 aliphatic carbocycles. The first-order valence-corrected chi connectivity index (χ1v) is 13.8. The molecule has 4 aromatic carbocycles. The molecule has 1 heterocycles. The number of amides is 2. The Morgan fingerprint density at radius 3 is 2.12 bits per heavy atom. The van der Waals surface area contributed by atoms with Crippen molar-refractivity contribution in [3.63, 3.8) is 0 Å². The van der Waals surface area contributed by atoms with Gasteiger partial charge in [0.05, 0.1) is 6.42 Å². The molecule has 5 rings (SSSR count). The van der Waals surface area contributed by atoms with Crippen LogP contribution in [0.25, 0.3) is 0 Å². The van der Waals surface area contributed by atoms with Crippen molar-refractivity contribution in [1.29, 1.82) is 0 Å². The molecule has 41 heavy (non-hydrogen) atoms. The van der Waals surface area contributed by atoms with Gasteiger partial charge in [0.2, 0.25) is 11.8 Å². The van der Waals surface area contributed by atoms with E-state index < -0.39 is 6.04 Å². The van der Waals surface area contributed by atoms with Crippen molar-refractivity contribution < 1.29 is 18.7 Å². The van der Waals surface area contributed by atoms with Gasteiger partial charge >= 0.3 is 0 Å². The summed E-state index contributed by atoms with van der Waals surface area (Å²) in [6.07, 6.45) is 1.64. The molecular formula is C34H34FN3O3. The van der Waals surface area contributed by atoms with Crippen molar-refractivity contribution in [2.45, 2.75) is 25.3 Å². The van der Waals surface area contributed by atoms with Crippen LogP contribution in [0, 0.1) is 11.7 Å². The quantitative estimate of drug-likeness (QED) is 0.264. The molecule has 1 aliphatic rings. The number of carbonyl (C=O) groups excluding carboxylic acids is 2. The first kappa shape index (κ1) is 27.9. The third kappa shape index (κ3) is 7.31. The Labute approximate surface area is 240 Å². The molecule has 1 fully saturated rings. The standard InChI is InChI=1S/C34H34FN3O3/c1-37(2)29-14-8-25(9-15-29)22-33(39)38-23-26(20-24-6-4-3-5-7-24)21-32(38)34(40)36-28-12-18-31(19-13-28)41-30-16-10-27(35)11-17-30/h3-19,26,32H,20-23H2,1-2H3,(H,36,40)/t26-,32+/m1/s1. The SMILES string of the molecule is CN(C)c1ccc(CC(=O)N2C[C@H](Cc3ccccc3)C[C@H]2C(=O)Nc2ccc(Oc3ccc(F)cc3)cc2)cc1. The smallest absolute Gasteiger partial charge is 0.247 e. The Balaban J connectivity index is 1.27. The lowest BCUT2D eigenvalue weighted by Crippen LogP contribution is -2.43. The molecule has 1 aliphatic heterocycles.